The Balaban J connectivity index is 1.29. The average Bonchev–Trinajstić information content (AvgIpc) is 3.30. The summed E-state index contributed by atoms with van der Waals surface area (Å²) in [5, 5.41) is 25.6. The van der Waals surface area contributed by atoms with E-state index in [-0.39, 0.29) is 54.7 Å². The number of benzene rings is 5. The van der Waals surface area contributed by atoms with E-state index in [9.17, 15) is 28.8 Å². The lowest BCUT2D eigenvalue weighted by molar-refractivity contribution is -0.127. The van der Waals surface area contributed by atoms with Crippen LogP contribution in [0.4, 0.5) is 34.1 Å². The van der Waals surface area contributed by atoms with Gasteiger partial charge in [-0.25, -0.2) is 0 Å². The van der Waals surface area contributed by atoms with E-state index in [1.54, 1.807) is 57.2 Å². The van der Waals surface area contributed by atoms with Crippen LogP contribution in [0, 0.1) is 0 Å². The maximum Gasteiger partial charge on any atom is 0.258 e. The highest BCUT2D eigenvalue weighted by Gasteiger charge is 2.27. The predicted octanol–water partition coefficient (Wildman–Crippen LogP) is 12.8. The van der Waals surface area contributed by atoms with Gasteiger partial charge in [-0.2, -0.15) is 20.5 Å². The second kappa shape index (κ2) is 24.2. The minimum absolute atomic E-state index is 0.000873. The van der Waals surface area contributed by atoms with E-state index in [0.717, 1.165) is 25.0 Å². The van der Waals surface area contributed by atoms with Crippen LogP contribution >= 0.6 is 58.0 Å². The van der Waals surface area contributed by atoms with Crippen molar-refractivity contribution in [2.24, 2.45) is 20.5 Å². The van der Waals surface area contributed by atoms with Gasteiger partial charge in [0.1, 0.15) is 22.9 Å². The number of anilines is 4. The minimum Gasteiger partial charge on any atom is -0.495 e. The molecule has 0 aromatic heterocycles. The molecule has 0 spiro atoms. The number of nitrogens with one attached hydrogen (secondary N) is 4. The number of hydrogen-bond donors (Lipinski definition) is 4. The van der Waals surface area contributed by atoms with Crippen LogP contribution in [-0.4, -0.2) is 61.5 Å². The third kappa shape index (κ3) is 14.1. The van der Waals surface area contributed by atoms with Gasteiger partial charge >= 0.3 is 0 Å². The van der Waals surface area contributed by atoms with Crippen molar-refractivity contribution >= 4 is 127 Å². The third-order valence-electron chi connectivity index (χ3n) is 10.1. The Labute approximate surface area is 422 Å². The topological polar surface area (TPSA) is 218 Å². The molecule has 0 bridgehead atoms. The molecule has 0 saturated heterocycles. The van der Waals surface area contributed by atoms with Gasteiger partial charge < -0.3 is 30.7 Å². The number of alkyl halides is 3. The maximum atomic E-state index is 13.6. The van der Waals surface area contributed by atoms with Crippen LogP contribution in [0.2, 0.25) is 10.0 Å². The van der Waals surface area contributed by atoms with E-state index in [2.05, 4.69) is 41.7 Å². The molecule has 4 amide bonds. The largest absolute Gasteiger partial charge is 0.495 e. The van der Waals surface area contributed by atoms with Crippen LogP contribution in [0.5, 0.6) is 11.5 Å². The van der Waals surface area contributed by atoms with Crippen molar-refractivity contribution in [1.82, 2.24) is 0 Å². The first-order valence-electron chi connectivity index (χ1n) is 20.8. The number of carbonyl (C=O) groups is 6. The van der Waals surface area contributed by atoms with Gasteiger partial charge in [0, 0.05) is 22.5 Å². The quantitative estimate of drug-likeness (QED) is 0.0353. The van der Waals surface area contributed by atoms with E-state index < -0.39 is 52.7 Å². The van der Waals surface area contributed by atoms with E-state index in [1.807, 2.05) is 0 Å². The average molecular weight is 1040 g/mol. The van der Waals surface area contributed by atoms with Crippen LogP contribution in [0.15, 0.2) is 111 Å². The number of hydrogen-bond acceptors (Lipinski definition) is 12. The molecule has 5 rings (SSSR count). The zero-order valence-electron chi connectivity index (χ0n) is 38.0. The van der Waals surface area contributed by atoms with E-state index in [4.69, 9.17) is 67.5 Å². The molecule has 360 valence electrons. The van der Waals surface area contributed by atoms with Gasteiger partial charge in [0.05, 0.1) is 51.8 Å². The lowest BCUT2D eigenvalue weighted by Gasteiger charge is -2.17. The predicted molar refractivity (Wildman–Crippen MR) is 269 cm³/mol. The van der Waals surface area contributed by atoms with Crippen LogP contribution in [0.25, 0.3) is 0 Å². The third-order valence-corrected chi connectivity index (χ3v) is 11.5. The molecule has 0 saturated carbocycles. The van der Waals surface area contributed by atoms with Gasteiger partial charge in [-0.15, -0.1) is 34.8 Å². The lowest BCUT2D eigenvalue weighted by atomic mass is 10.1. The monoisotopic (exact) mass is 1040 g/mol. The molecule has 16 nitrogen and oxygen atoms in total. The molecular formula is C48H45Cl5N8O8. The fourth-order valence-electron chi connectivity index (χ4n) is 6.36. The van der Waals surface area contributed by atoms with Crippen molar-refractivity contribution in [2.75, 3.05) is 35.5 Å². The molecule has 5 atom stereocenters. The van der Waals surface area contributed by atoms with Gasteiger partial charge in [-0.05, 0) is 130 Å². The van der Waals surface area contributed by atoms with Crippen LogP contribution in [0.3, 0.4) is 0 Å². The summed E-state index contributed by atoms with van der Waals surface area (Å²) >= 11 is 31.8. The maximum absolute atomic E-state index is 13.6. The number of Topliss-reactive ketones (excluding diaryl/α,β-unsaturated/α-hetero) is 2. The number of methoxy groups -OCH3 is 2. The number of rotatable bonds is 19. The van der Waals surface area contributed by atoms with Gasteiger partial charge in [-0.3, -0.25) is 28.8 Å². The number of carbonyl (C=O) groups excluding carboxylic acids is 6. The number of ketones is 2. The highest BCUT2D eigenvalue weighted by molar-refractivity contribution is 6.33. The van der Waals surface area contributed by atoms with Crippen molar-refractivity contribution in [3.8, 4) is 11.5 Å². The van der Waals surface area contributed by atoms with Gasteiger partial charge in [0.2, 0.25) is 12.1 Å². The second-order valence-corrected chi connectivity index (χ2v) is 18.0. The first kappa shape index (κ1) is 53.5. The van der Waals surface area contributed by atoms with Crippen molar-refractivity contribution < 1.29 is 38.2 Å². The lowest BCUT2D eigenvalue weighted by Crippen LogP contribution is -2.32. The SMILES string of the molecule is COc1ccc(C(C)Cl)cc1NC(=O)c1ccc(Cl)c(N=NC(C(C)=O)C(=O)Nc2ccc(NC(=O)C(N=Nc3cc(C(=O)Nc4cc(C(C)Cl)ccc4OC)ccc3Cl)C(C)=O)c(C(C)Cl)c2)c1. The van der Waals surface area contributed by atoms with Gasteiger partial charge in [0.25, 0.3) is 23.6 Å². The number of halogens is 5. The summed E-state index contributed by atoms with van der Waals surface area (Å²) < 4.78 is 10.8. The number of ether oxygens (including phenoxy) is 2. The molecule has 0 fully saturated rings. The van der Waals surface area contributed by atoms with Gasteiger partial charge in [0.15, 0.2) is 11.6 Å². The number of azo groups is 2. The Morgan fingerprint density at radius 3 is 1.33 bits per heavy atom. The molecule has 0 aliphatic heterocycles. The Bertz CT molecular complexity index is 2860. The second-order valence-electron chi connectivity index (χ2n) is 15.2. The van der Waals surface area contributed by atoms with E-state index in [1.165, 1.54) is 68.8 Å². The van der Waals surface area contributed by atoms with E-state index in [0.29, 0.717) is 28.4 Å². The minimum atomic E-state index is -1.66. The molecule has 0 heterocycles. The summed E-state index contributed by atoms with van der Waals surface area (Å²) in [5.41, 5.74) is 3.17. The van der Waals surface area contributed by atoms with Gasteiger partial charge in [-0.1, -0.05) is 35.3 Å². The summed E-state index contributed by atoms with van der Waals surface area (Å²) in [7, 11) is 2.92. The van der Waals surface area contributed by atoms with Crippen molar-refractivity contribution in [1.29, 1.82) is 0 Å². The number of nitrogens with zero attached hydrogens (tertiary/aromatic N) is 4. The molecule has 0 aliphatic rings. The molecule has 21 heteroatoms. The number of amides is 4. The first-order valence-corrected chi connectivity index (χ1v) is 22.9. The standard InChI is InChI=1S/C48H45Cl5N8O8/c1-23(49)28-10-16-41(68-6)39(18-28)56-45(64)30-8-13-34(52)37(20-30)58-60-43(26(4)62)47(66)54-32-12-15-36(33(22-32)25(3)51)55-48(67)44(27(5)63)61-59-38-21-31(9-14-35(38)53)46(65)57-40-19-29(24(2)50)11-17-42(40)69-7/h8-25,43-44H,1-7H3,(H,54,66)(H,55,67)(H,56,64)(H,57,65). The molecule has 5 aromatic carbocycles. The van der Waals surface area contributed by atoms with Crippen molar-refractivity contribution in [3.63, 3.8) is 0 Å². The first-order chi connectivity index (χ1) is 32.7. The smallest absolute Gasteiger partial charge is 0.258 e. The summed E-state index contributed by atoms with van der Waals surface area (Å²) in [6, 6.07) is 19.7. The summed E-state index contributed by atoms with van der Waals surface area (Å²) in [4.78, 5) is 79.1. The molecule has 5 aromatic rings. The van der Waals surface area contributed by atoms with Crippen LogP contribution in [0.1, 0.15) is 88.2 Å². The normalized spacial score (nSPS) is 13.4. The molecule has 4 N–H and O–H groups in total. The zero-order chi connectivity index (χ0) is 50.7. The molecule has 0 aliphatic carbocycles. The highest BCUT2D eigenvalue weighted by atomic mass is 35.5. The Morgan fingerprint density at radius 2 is 0.942 bits per heavy atom. The zero-order valence-corrected chi connectivity index (χ0v) is 41.8. The Hall–Kier alpha value is -6.43. The summed E-state index contributed by atoms with van der Waals surface area (Å²) in [6.45, 7) is 7.48. The van der Waals surface area contributed by atoms with Crippen LogP contribution in [-0.2, 0) is 19.2 Å². The molecule has 69 heavy (non-hydrogen) atoms. The Morgan fingerprint density at radius 1 is 0.507 bits per heavy atom. The Kier molecular flexibility index (Phi) is 18.8. The summed E-state index contributed by atoms with van der Waals surface area (Å²) in [5.74, 6) is -3.35. The fraction of sp³-hybridized carbons (Fsp3) is 0.250. The molecule has 5 unspecified atom stereocenters. The molecular weight excluding hydrogens is 994 g/mol. The van der Waals surface area contributed by atoms with Crippen molar-refractivity contribution in [2.45, 2.75) is 62.8 Å². The van der Waals surface area contributed by atoms with Crippen LogP contribution < -0.4 is 30.7 Å². The van der Waals surface area contributed by atoms with Crippen molar-refractivity contribution in [3.05, 3.63) is 129 Å². The van der Waals surface area contributed by atoms with E-state index >= 15 is 0 Å². The highest BCUT2D eigenvalue weighted by Crippen LogP contribution is 2.35. The molecule has 0 radical (unpaired) electrons. The summed E-state index contributed by atoms with van der Waals surface area (Å²) in [6.07, 6.45) is 0. The fourth-order valence-corrected chi connectivity index (χ4v) is 7.13.